The van der Waals surface area contributed by atoms with E-state index in [0.29, 0.717) is 29.2 Å². The first-order valence-electron chi connectivity index (χ1n) is 10.5. The molecule has 33 heavy (non-hydrogen) atoms. The zero-order valence-corrected chi connectivity index (χ0v) is 18.9. The number of thiophene rings is 1. The Balaban J connectivity index is 1.60. The van der Waals surface area contributed by atoms with Crippen molar-refractivity contribution in [1.29, 1.82) is 0 Å². The standard InChI is InChI=1S/C25H21FN4O2S/c1-15-8-10-17(11-9-15)23-28-24(32-29-23)21-16(2)30(14-20-7-4-12-33-20)25(31)27-22(21)18-5-3-6-19(26)13-18/h3-13,22H,14H2,1-2H3,(H,27,31). The molecule has 6 nitrogen and oxygen atoms in total. The number of urea groups is 1. The van der Waals surface area contributed by atoms with Crippen molar-refractivity contribution in [1.82, 2.24) is 20.4 Å². The minimum absolute atomic E-state index is 0.266. The maximum absolute atomic E-state index is 14.0. The fourth-order valence-electron chi connectivity index (χ4n) is 3.90. The molecular weight excluding hydrogens is 439 g/mol. The van der Waals surface area contributed by atoms with Crippen LogP contribution < -0.4 is 5.32 Å². The number of hydrogen-bond acceptors (Lipinski definition) is 5. The molecule has 0 bridgehead atoms. The number of carbonyl (C=O) groups is 1. The molecule has 2 aromatic carbocycles. The van der Waals surface area contributed by atoms with E-state index < -0.39 is 6.04 Å². The molecule has 4 aromatic rings. The van der Waals surface area contributed by atoms with Crippen LogP contribution in [0.1, 0.15) is 34.9 Å². The fraction of sp³-hybridized carbons (Fsp3) is 0.160. The highest BCUT2D eigenvalue weighted by atomic mass is 32.1. The molecule has 1 aliphatic rings. The van der Waals surface area contributed by atoms with Crippen molar-refractivity contribution >= 4 is 22.9 Å². The Bertz CT molecular complexity index is 1330. The number of benzene rings is 2. The minimum atomic E-state index is -0.626. The highest BCUT2D eigenvalue weighted by molar-refractivity contribution is 7.09. The summed E-state index contributed by atoms with van der Waals surface area (Å²) in [6.07, 6.45) is 0. The smallest absolute Gasteiger partial charge is 0.322 e. The Hall–Kier alpha value is -3.78. The van der Waals surface area contributed by atoms with Crippen molar-refractivity contribution in [3.63, 3.8) is 0 Å². The predicted molar refractivity (Wildman–Crippen MR) is 125 cm³/mol. The molecule has 1 aliphatic heterocycles. The van der Waals surface area contributed by atoms with Gasteiger partial charge >= 0.3 is 6.03 Å². The number of nitrogens with zero attached hydrogens (tertiary/aromatic N) is 3. The van der Waals surface area contributed by atoms with E-state index in [9.17, 15) is 9.18 Å². The summed E-state index contributed by atoms with van der Waals surface area (Å²) in [5, 5.41) is 9.14. The molecule has 5 rings (SSSR count). The number of amides is 2. The zero-order chi connectivity index (χ0) is 22.9. The number of aryl methyl sites for hydroxylation is 1. The van der Waals surface area contributed by atoms with E-state index in [1.54, 1.807) is 28.4 Å². The van der Waals surface area contributed by atoms with Crippen molar-refractivity contribution < 1.29 is 13.7 Å². The molecule has 3 heterocycles. The van der Waals surface area contributed by atoms with E-state index in [1.807, 2.05) is 55.6 Å². The second-order valence-corrected chi connectivity index (χ2v) is 8.92. The van der Waals surface area contributed by atoms with E-state index in [0.717, 1.165) is 16.0 Å². The summed E-state index contributed by atoms with van der Waals surface area (Å²) in [6, 6.07) is 17.0. The van der Waals surface area contributed by atoms with Gasteiger partial charge in [0, 0.05) is 16.1 Å². The summed E-state index contributed by atoms with van der Waals surface area (Å²) in [5.74, 6) is 0.351. The molecule has 0 aliphatic carbocycles. The third-order valence-corrected chi connectivity index (χ3v) is 6.50. The Morgan fingerprint density at radius 3 is 2.67 bits per heavy atom. The number of rotatable bonds is 5. The normalized spacial score (nSPS) is 16.3. The maximum atomic E-state index is 14.0. The lowest BCUT2D eigenvalue weighted by Gasteiger charge is -2.35. The molecule has 0 fully saturated rings. The lowest BCUT2D eigenvalue weighted by Crippen LogP contribution is -2.45. The SMILES string of the molecule is CC1=C(c2nc(-c3ccc(C)cc3)no2)C(c2cccc(F)c2)NC(=O)N1Cc1cccs1. The van der Waals surface area contributed by atoms with Crippen LogP contribution in [0.15, 0.2) is 76.3 Å². The van der Waals surface area contributed by atoms with Gasteiger partial charge < -0.3 is 9.84 Å². The molecule has 2 aromatic heterocycles. The van der Waals surface area contributed by atoms with Gasteiger partial charge in [0.25, 0.3) is 5.89 Å². The van der Waals surface area contributed by atoms with E-state index in [2.05, 4.69) is 15.5 Å². The number of aromatic nitrogens is 2. The first-order chi connectivity index (χ1) is 16.0. The third kappa shape index (κ3) is 4.17. The highest BCUT2D eigenvalue weighted by Gasteiger charge is 2.36. The first kappa shape index (κ1) is 21.1. The predicted octanol–water partition coefficient (Wildman–Crippen LogP) is 5.94. The summed E-state index contributed by atoms with van der Waals surface area (Å²) in [5.41, 5.74) is 3.88. The van der Waals surface area contributed by atoms with E-state index in [1.165, 1.54) is 12.1 Å². The number of allylic oxidation sites excluding steroid dienone is 1. The van der Waals surface area contributed by atoms with Gasteiger partial charge in [-0.15, -0.1) is 11.3 Å². The van der Waals surface area contributed by atoms with Gasteiger partial charge in [-0.1, -0.05) is 53.2 Å². The van der Waals surface area contributed by atoms with E-state index in [-0.39, 0.29) is 17.7 Å². The fourth-order valence-corrected chi connectivity index (χ4v) is 4.59. The maximum Gasteiger partial charge on any atom is 0.322 e. The molecule has 1 unspecified atom stereocenters. The van der Waals surface area contributed by atoms with Crippen molar-refractivity contribution in [3.05, 3.63) is 99.5 Å². The van der Waals surface area contributed by atoms with Crippen LogP contribution in [0.5, 0.6) is 0 Å². The molecule has 1 N–H and O–H groups in total. The highest BCUT2D eigenvalue weighted by Crippen LogP contribution is 2.38. The Labute approximate surface area is 194 Å². The molecule has 1 atom stereocenters. The van der Waals surface area contributed by atoms with Crippen molar-refractivity contribution in [2.75, 3.05) is 0 Å². The molecular formula is C25H21FN4O2S. The molecule has 0 saturated heterocycles. The molecule has 2 amide bonds. The lowest BCUT2D eigenvalue weighted by atomic mass is 9.94. The van der Waals surface area contributed by atoms with Gasteiger partial charge in [0.15, 0.2) is 0 Å². The van der Waals surface area contributed by atoms with E-state index >= 15 is 0 Å². The minimum Gasteiger partial charge on any atom is -0.334 e. The quantitative estimate of drug-likeness (QED) is 0.400. The first-order valence-corrected chi connectivity index (χ1v) is 11.4. The topological polar surface area (TPSA) is 71.3 Å². The van der Waals surface area contributed by atoms with Crippen LogP contribution in [-0.2, 0) is 6.54 Å². The lowest BCUT2D eigenvalue weighted by molar-refractivity contribution is 0.203. The van der Waals surface area contributed by atoms with Crippen LogP contribution in [0, 0.1) is 12.7 Å². The van der Waals surface area contributed by atoms with Gasteiger partial charge in [0.05, 0.1) is 18.2 Å². The van der Waals surface area contributed by atoms with Crippen LogP contribution >= 0.6 is 11.3 Å². The van der Waals surface area contributed by atoms with Crippen LogP contribution in [-0.4, -0.2) is 21.1 Å². The van der Waals surface area contributed by atoms with Crippen molar-refractivity contribution in [2.45, 2.75) is 26.4 Å². The average molecular weight is 461 g/mol. The largest absolute Gasteiger partial charge is 0.334 e. The second kappa shape index (κ2) is 8.63. The number of carbonyl (C=O) groups excluding carboxylic acids is 1. The van der Waals surface area contributed by atoms with Crippen LogP contribution in [0.3, 0.4) is 0 Å². The molecule has 8 heteroatoms. The average Bonchev–Trinajstić information content (AvgIpc) is 3.49. The van der Waals surface area contributed by atoms with Gasteiger partial charge in [0.1, 0.15) is 5.82 Å². The van der Waals surface area contributed by atoms with Crippen LogP contribution in [0.25, 0.3) is 17.0 Å². The second-order valence-electron chi connectivity index (χ2n) is 7.89. The molecule has 166 valence electrons. The van der Waals surface area contributed by atoms with E-state index in [4.69, 9.17) is 4.52 Å². The Morgan fingerprint density at radius 1 is 1.12 bits per heavy atom. The van der Waals surface area contributed by atoms with Crippen molar-refractivity contribution in [3.8, 4) is 11.4 Å². The van der Waals surface area contributed by atoms with Crippen LogP contribution in [0.4, 0.5) is 9.18 Å². The van der Waals surface area contributed by atoms with Crippen molar-refractivity contribution in [2.24, 2.45) is 0 Å². The van der Waals surface area contributed by atoms with Gasteiger partial charge in [-0.05, 0) is 43.0 Å². The van der Waals surface area contributed by atoms with Gasteiger partial charge in [-0.3, -0.25) is 4.90 Å². The van der Waals surface area contributed by atoms with Gasteiger partial charge in [0.2, 0.25) is 5.82 Å². The summed E-state index contributed by atoms with van der Waals surface area (Å²) < 4.78 is 19.7. The van der Waals surface area contributed by atoms with Gasteiger partial charge in [-0.2, -0.15) is 4.98 Å². The molecule has 0 spiro atoms. The Kier molecular flexibility index (Phi) is 5.51. The summed E-state index contributed by atoms with van der Waals surface area (Å²) in [4.78, 5) is 20.4. The van der Waals surface area contributed by atoms with Crippen LogP contribution in [0.2, 0.25) is 0 Å². The number of nitrogens with one attached hydrogen (secondary N) is 1. The Morgan fingerprint density at radius 2 is 1.94 bits per heavy atom. The number of hydrogen-bond donors (Lipinski definition) is 1. The molecule has 0 radical (unpaired) electrons. The summed E-state index contributed by atoms with van der Waals surface area (Å²) in [7, 11) is 0. The third-order valence-electron chi connectivity index (χ3n) is 5.64. The summed E-state index contributed by atoms with van der Waals surface area (Å²) in [6.45, 7) is 4.27. The number of halogens is 1. The zero-order valence-electron chi connectivity index (χ0n) is 18.1. The van der Waals surface area contributed by atoms with Gasteiger partial charge in [-0.25, -0.2) is 9.18 Å². The molecule has 0 saturated carbocycles. The summed E-state index contributed by atoms with van der Waals surface area (Å²) >= 11 is 1.57. The monoisotopic (exact) mass is 460 g/mol.